The van der Waals surface area contributed by atoms with Gasteiger partial charge in [0.25, 0.3) is 0 Å². The predicted molar refractivity (Wildman–Crippen MR) is 91.6 cm³/mol. The van der Waals surface area contributed by atoms with E-state index in [9.17, 15) is 0 Å². The lowest BCUT2D eigenvalue weighted by molar-refractivity contribution is -0.570. The molecular formula is C19H33NO5. The van der Waals surface area contributed by atoms with Gasteiger partial charge in [-0.05, 0) is 43.9 Å². The molecule has 6 nitrogen and oxygen atoms in total. The summed E-state index contributed by atoms with van der Waals surface area (Å²) >= 11 is 0. The topological polar surface area (TPSA) is 58.2 Å². The maximum Gasteiger partial charge on any atom is 0.201 e. The fourth-order valence-corrected chi connectivity index (χ4v) is 5.63. The zero-order chi connectivity index (χ0) is 17.7. The molecule has 25 heavy (non-hydrogen) atoms. The van der Waals surface area contributed by atoms with Crippen molar-refractivity contribution >= 4 is 0 Å². The number of ether oxygens (including phenoxy) is 3. The van der Waals surface area contributed by atoms with Gasteiger partial charge in [-0.1, -0.05) is 13.8 Å². The molecule has 0 aromatic rings. The van der Waals surface area contributed by atoms with E-state index >= 15 is 0 Å². The SMILES string of the molecule is COCCNC[C@H]1O[C@@H]2O[C@@]3(C)CC[C@H]4[C@H](C)CC[C@@H]([C@H]1C)[C@@]24OO3. The summed E-state index contributed by atoms with van der Waals surface area (Å²) in [5.74, 6) is 1.16. The largest absolute Gasteiger partial charge is 0.383 e. The fourth-order valence-electron chi connectivity index (χ4n) is 5.63. The van der Waals surface area contributed by atoms with Crippen molar-refractivity contribution in [2.24, 2.45) is 23.7 Å². The molecule has 0 radical (unpaired) electrons. The van der Waals surface area contributed by atoms with Crippen LogP contribution in [0.25, 0.3) is 0 Å². The second kappa shape index (κ2) is 6.73. The van der Waals surface area contributed by atoms with Crippen LogP contribution in [0.5, 0.6) is 0 Å². The first-order valence-corrected chi connectivity index (χ1v) is 9.90. The third-order valence-electron chi connectivity index (χ3n) is 7.12. The van der Waals surface area contributed by atoms with Crippen molar-refractivity contribution in [3.63, 3.8) is 0 Å². The molecule has 0 amide bonds. The average molecular weight is 355 g/mol. The van der Waals surface area contributed by atoms with Crippen LogP contribution in [0.1, 0.15) is 46.5 Å². The van der Waals surface area contributed by atoms with E-state index in [0.717, 1.165) is 32.4 Å². The Morgan fingerprint density at radius 3 is 2.76 bits per heavy atom. The summed E-state index contributed by atoms with van der Waals surface area (Å²) in [6.07, 6.45) is 4.13. The van der Waals surface area contributed by atoms with E-state index in [1.165, 1.54) is 6.42 Å². The second-order valence-corrected chi connectivity index (χ2v) is 8.64. The van der Waals surface area contributed by atoms with Gasteiger partial charge < -0.3 is 19.5 Å². The van der Waals surface area contributed by atoms with E-state index in [0.29, 0.717) is 30.3 Å². The Morgan fingerprint density at radius 2 is 1.96 bits per heavy atom. The molecule has 1 aliphatic carbocycles. The lowest BCUT2D eigenvalue weighted by Gasteiger charge is -2.60. The highest BCUT2D eigenvalue weighted by Gasteiger charge is 2.69. The van der Waals surface area contributed by atoms with Gasteiger partial charge in [0.05, 0.1) is 12.7 Å². The minimum atomic E-state index is -0.688. The van der Waals surface area contributed by atoms with Crippen LogP contribution < -0.4 is 5.32 Å². The van der Waals surface area contributed by atoms with Gasteiger partial charge in [0.15, 0.2) is 11.9 Å². The first-order valence-electron chi connectivity index (χ1n) is 9.90. The molecule has 0 aromatic carbocycles. The first kappa shape index (κ1) is 18.1. The molecule has 6 heteroatoms. The number of methoxy groups -OCH3 is 1. The normalized spacial score (nSPS) is 51.8. The summed E-state index contributed by atoms with van der Waals surface area (Å²) < 4.78 is 18.0. The Hall–Kier alpha value is -0.240. The molecule has 1 saturated carbocycles. The standard InChI is InChI=1S/C19H33NO5/c1-12-5-6-15-13(2)16(11-20-9-10-21-4)22-17-19(15)14(12)7-8-18(3,23-17)24-25-19/h12-17,20H,5-11H2,1-4H3/t12-,13-,14+,15+,16-,17-,18-,19-/m1/s1. The van der Waals surface area contributed by atoms with E-state index < -0.39 is 11.4 Å². The molecule has 2 bridgehead atoms. The summed E-state index contributed by atoms with van der Waals surface area (Å²) in [5.41, 5.74) is -0.448. The lowest BCUT2D eigenvalue weighted by atomic mass is 9.57. The maximum atomic E-state index is 6.51. The fraction of sp³-hybridized carbons (Fsp3) is 1.00. The van der Waals surface area contributed by atoms with Gasteiger partial charge in [-0.3, -0.25) is 0 Å². The summed E-state index contributed by atoms with van der Waals surface area (Å²) in [6.45, 7) is 8.98. The van der Waals surface area contributed by atoms with Crippen molar-refractivity contribution in [1.82, 2.24) is 5.32 Å². The van der Waals surface area contributed by atoms with Crippen LogP contribution in [-0.4, -0.2) is 50.6 Å². The van der Waals surface area contributed by atoms with E-state index in [1.807, 2.05) is 6.92 Å². The minimum Gasteiger partial charge on any atom is -0.383 e. The number of hydrogen-bond donors (Lipinski definition) is 1. The minimum absolute atomic E-state index is 0.123. The molecular weight excluding hydrogens is 322 g/mol. The van der Waals surface area contributed by atoms with Crippen molar-refractivity contribution in [2.45, 2.75) is 70.2 Å². The number of fused-ring (bicyclic) bond motifs is 2. The molecule has 4 aliphatic heterocycles. The van der Waals surface area contributed by atoms with Crippen LogP contribution >= 0.6 is 0 Å². The molecule has 5 aliphatic rings. The van der Waals surface area contributed by atoms with Gasteiger partial charge in [-0.25, -0.2) is 9.78 Å². The van der Waals surface area contributed by atoms with Crippen LogP contribution in [0, 0.1) is 23.7 Å². The molecule has 5 rings (SSSR count). The van der Waals surface area contributed by atoms with Crippen molar-refractivity contribution in [3.05, 3.63) is 0 Å². The van der Waals surface area contributed by atoms with Gasteiger partial charge >= 0.3 is 0 Å². The Morgan fingerprint density at radius 1 is 1.12 bits per heavy atom. The third-order valence-corrected chi connectivity index (χ3v) is 7.12. The molecule has 0 unspecified atom stereocenters. The van der Waals surface area contributed by atoms with E-state index in [2.05, 4.69) is 19.2 Å². The number of hydrogen-bond acceptors (Lipinski definition) is 6. The predicted octanol–water partition coefficient (Wildman–Crippen LogP) is 2.47. The Labute approximate surface area is 150 Å². The van der Waals surface area contributed by atoms with Gasteiger partial charge in [0.2, 0.25) is 5.79 Å². The molecule has 8 atom stereocenters. The smallest absolute Gasteiger partial charge is 0.201 e. The van der Waals surface area contributed by atoms with Gasteiger partial charge in [0, 0.05) is 32.5 Å². The Balaban J connectivity index is 1.58. The average Bonchev–Trinajstić information content (AvgIpc) is 2.82. The van der Waals surface area contributed by atoms with E-state index in [4.69, 9.17) is 24.0 Å². The maximum absolute atomic E-state index is 6.51. The van der Waals surface area contributed by atoms with Crippen molar-refractivity contribution in [3.8, 4) is 0 Å². The molecule has 144 valence electrons. The number of nitrogens with one attached hydrogen (secondary N) is 1. The van der Waals surface area contributed by atoms with Gasteiger partial charge in [-0.15, -0.1) is 0 Å². The zero-order valence-corrected chi connectivity index (χ0v) is 16.0. The summed E-state index contributed by atoms with van der Waals surface area (Å²) in [6, 6.07) is 0. The van der Waals surface area contributed by atoms with Crippen molar-refractivity contribution in [2.75, 3.05) is 26.8 Å². The Kier molecular flexibility index (Phi) is 4.88. The lowest BCUT2D eigenvalue weighted by Crippen LogP contribution is -2.71. The van der Waals surface area contributed by atoms with Crippen LogP contribution in [0.15, 0.2) is 0 Å². The molecule has 1 N–H and O–H groups in total. The molecule has 4 saturated heterocycles. The zero-order valence-electron chi connectivity index (χ0n) is 16.0. The summed E-state index contributed by atoms with van der Waals surface area (Å²) in [4.78, 5) is 12.0. The van der Waals surface area contributed by atoms with E-state index in [-0.39, 0.29) is 12.4 Å². The van der Waals surface area contributed by atoms with Crippen molar-refractivity contribution in [1.29, 1.82) is 0 Å². The Bertz CT molecular complexity index is 490. The summed E-state index contributed by atoms with van der Waals surface area (Å²) in [5, 5.41) is 3.45. The second-order valence-electron chi connectivity index (χ2n) is 8.64. The third kappa shape index (κ3) is 2.86. The molecule has 1 spiro atoms. The van der Waals surface area contributed by atoms with E-state index in [1.54, 1.807) is 7.11 Å². The highest BCUT2D eigenvalue weighted by molar-refractivity contribution is 5.10. The van der Waals surface area contributed by atoms with Gasteiger partial charge in [0.1, 0.15) is 0 Å². The summed E-state index contributed by atoms with van der Waals surface area (Å²) in [7, 11) is 1.72. The van der Waals surface area contributed by atoms with Crippen LogP contribution in [0.4, 0.5) is 0 Å². The molecule has 5 fully saturated rings. The monoisotopic (exact) mass is 355 g/mol. The van der Waals surface area contributed by atoms with Crippen LogP contribution in [-0.2, 0) is 24.0 Å². The quantitative estimate of drug-likeness (QED) is 0.604. The van der Waals surface area contributed by atoms with Crippen LogP contribution in [0.2, 0.25) is 0 Å². The first-order chi connectivity index (χ1) is 12.0. The highest BCUT2D eigenvalue weighted by Crippen LogP contribution is 2.60. The highest BCUT2D eigenvalue weighted by atomic mass is 17.3. The van der Waals surface area contributed by atoms with Crippen LogP contribution in [0.3, 0.4) is 0 Å². The molecule has 4 heterocycles. The number of rotatable bonds is 5. The molecule has 0 aromatic heterocycles. The van der Waals surface area contributed by atoms with Crippen molar-refractivity contribution < 1.29 is 24.0 Å². The van der Waals surface area contributed by atoms with Gasteiger partial charge in [-0.2, -0.15) is 0 Å².